The summed E-state index contributed by atoms with van der Waals surface area (Å²) in [7, 11) is 0. The van der Waals surface area contributed by atoms with Crippen LogP contribution in [0, 0.1) is 10.1 Å². The van der Waals surface area contributed by atoms with E-state index in [0.717, 1.165) is 11.1 Å². The molecule has 1 heterocycles. The highest BCUT2D eigenvalue weighted by Gasteiger charge is 2.14. The summed E-state index contributed by atoms with van der Waals surface area (Å²) in [5, 5.41) is 14.7. The van der Waals surface area contributed by atoms with Gasteiger partial charge in [-0.2, -0.15) is 5.10 Å². The second kappa shape index (κ2) is 9.40. The second-order valence-corrected chi connectivity index (χ2v) is 6.74. The van der Waals surface area contributed by atoms with Crippen molar-refractivity contribution in [3.63, 3.8) is 0 Å². The lowest BCUT2D eigenvalue weighted by atomic mass is 10.1. The molecule has 0 fully saturated rings. The zero-order valence-electron chi connectivity index (χ0n) is 16.8. The van der Waals surface area contributed by atoms with E-state index in [-0.39, 0.29) is 11.5 Å². The van der Waals surface area contributed by atoms with Crippen LogP contribution in [0.3, 0.4) is 0 Å². The molecule has 0 atom stereocenters. The van der Waals surface area contributed by atoms with Gasteiger partial charge in [-0.1, -0.05) is 60.7 Å². The average molecular weight is 423 g/mol. The minimum atomic E-state index is -0.571. The molecule has 0 bridgehead atoms. The molecule has 8 heteroatoms. The van der Waals surface area contributed by atoms with Gasteiger partial charge in [0, 0.05) is 23.3 Å². The van der Waals surface area contributed by atoms with E-state index in [1.807, 2.05) is 66.7 Å². The third-order valence-corrected chi connectivity index (χ3v) is 4.55. The normalized spacial score (nSPS) is 10.8. The molecule has 4 aromatic rings. The van der Waals surface area contributed by atoms with Gasteiger partial charge in [0.2, 0.25) is 5.82 Å². The fraction of sp³-hybridized carbons (Fsp3) is 0. The van der Waals surface area contributed by atoms with Crippen molar-refractivity contribution in [1.29, 1.82) is 0 Å². The summed E-state index contributed by atoms with van der Waals surface area (Å²) in [5.41, 5.74) is 5.93. The first-order chi connectivity index (χ1) is 15.6. The van der Waals surface area contributed by atoms with E-state index in [0.29, 0.717) is 17.0 Å². The summed E-state index contributed by atoms with van der Waals surface area (Å²) in [5.74, 6) is -0.593. The van der Waals surface area contributed by atoms with Gasteiger partial charge >= 0.3 is 5.91 Å². The zero-order chi connectivity index (χ0) is 22.3. The molecule has 0 saturated heterocycles. The number of nitro groups is 1. The van der Waals surface area contributed by atoms with Gasteiger partial charge in [-0.05, 0) is 23.8 Å². The largest absolute Gasteiger partial charge is 0.309 e. The molecule has 0 unspecified atom stereocenters. The standard InChI is InChI=1S/C24H17N5O3/c30-24(28-25-16-17-11-13-20(14-12-17)29(31)32)23-26-21(18-7-3-1-4-8-18)15-22(27-23)19-9-5-2-6-10-19/h1-16H,(H,28,30). The van der Waals surface area contributed by atoms with E-state index in [1.54, 1.807) is 0 Å². The maximum absolute atomic E-state index is 12.7. The molecule has 0 radical (unpaired) electrons. The van der Waals surface area contributed by atoms with Crippen LogP contribution in [0.5, 0.6) is 0 Å². The molecule has 1 aromatic heterocycles. The molecule has 0 saturated carbocycles. The van der Waals surface area contributed by atoms with Crippen molar-refractivity contribution in [3.8, 4) is 22.5 Å². The number of amides is 1. The number of rotatable bonds is 6. The van der Waals surface area contributed by atoms with Gasteiger partial charge < -0.3 is 0 Å². The number of hydrogen-bond donors (Lipinski definition) is 1. The van der Waals surface area contributed by atoms with Crippen molar-refractivity contribution in [2.45, 2.75) is 0 Å². The Balaban J connectivity index is 1.60. The Morgan fingerprint density at radius 3 is 1.88 bits per heavy atom. The zero-order valence-corrected chi connectivity index (χ0v) is 16.8. The van der Waals surface area contributed by atoms with Crippen LogP contribution < -0.4 is 5.43 Å². The summed E-state index contributed by atoms with van der Waals surface area (Å²) in [6.45, 7) is 0. The number of nitro benzene ring substituents is 1. The molecule has 4 rings (SSSR count). The van der Waals surface area contributed by atoms with Crippen LogP contribution in [0.1, 0.15) is 16.2 Å². The summed E-state index contributed by atoms with van der Waals surface area (Å²) < 4.78 is 0. The minimum absolute atomic E-state index is 0.0222. The van der Waals surface area contributed by atoms with Crippen LogP contribution in [-0.2, 0) is 0 Å². The van der Waals surface area contributed by atoms with Gasteiger partial charge in [-0.15, -0.1) is 0 Å². The van der Waals surface area contributed by atoms with Gasteiger partial charge in [0.1, 0.15) is 0 Å². The Morgan fingerprint density at radius 2 is 1.38 bits per heavy atom. The smallest absolute Gasteiger partial charge is 0.264 e. The number of benzene rings is 3. The Hall–Kier alpha value is -4.72. The van der Waals surface area contributed by atoms with E-state index in [9.17, 15) is 14.9 Å². The van der Waals surface area contributed by atoms with Crippen LogP contribution in [-0.4, -0.2) is 27.0 Å². The molecule has 8 nitrogen and oxygen atoms in total. The first kappa shape index (κ1) is 20.5. The van der Waals surface area contributed by atoms with Crippen LogP contribution in [0.4, 0.5) is 5.69 Å². The third-order valence-electron chi connectivity index (χ3n) is 4.55. The lowest BCUT2D eigenvalue weighted by molar-refractivity contribution is -0.384. The fourth-order valence-corrected chi connectivity index (χ4v) is 2.96. The van der Waals surface area contributed by atoms with E-state index >= 15 is 0 Å². The quantitative estimate of drug-likeness (QED) is 0.279. The molecule has 1 N–H and O–H groups in total. The fourth-order valence-electron chi connectivity index (χ4n) is 2.96. The topological polar surface area (TPSA) is 110 Å². The van der Waals surface area contributed by atoms with Crippen molar-refractivity contribution < 1.29 is 9.72 Å². The number of carbonyl (C=O) groups excluding carboxylic acids is 1. The van der Waals surface area contributed by atoms with Crippen LogP contribution in [0.25, 0.3) is 22.5 Å². The molecular formula is C24H17N5O3. The Labute approximate surface area is 183 Å². The highest BCUT2D eigenvalue weighted by atomic mass is 16.6. The van der Waals surface area contributed by atoms with Gasteiger partial charge in [0.05, 0.1) is 22.5 Å². The summed E-state index contributed by atoms with van der Waals surface area (Å²) in [4.78, 5) is 31.8. The molecule has 0 aliphatic heterocycles. The van der Waals surface area contributed by atoms with Crippen molar-refractivity contribution >= 4 is 17.8 Å². The molecule has 0 aliphatic rings. The number of aromatic nitrogens is 2. The Bertz CT molecular complexity index is 1220. The van der Waals surface area contributed by atoms with Crippen LogP contribution in [0.15, 0.2) is 96.1 Å². The van der Waals surface area contributed by atoms with Crippen molar-refractivity contribution in [3.05, 3.63) is 112 Å². The van der Waals surface area contributed by atoms with E-state index in [2.05, 4.69) is 20.5 Å². The molecule has 1 amide bonds. The maximum Gasteiger partial charge on any atom is 0.309 e. The second-order valence-electron chi connectivity index (χ2n) is 6.74. The van der Waals surface area contributed by atoms with Crippen molar-refractivity contribution in [2.24, 2.45) is 5.10 Å². The predicted octanol–water partition coefficient (Wildman–Crippen LogP) is 4.48. The van der Waals surface area contributed by atoms with Crippen LogP contribution >= 0.6 is 0 Å². The number of carbonyl (C=O) groups is 1. The number of hydrazone groups is 1. The summed E-state index contributed by atoms with van der Waals surface area (Å²) in [6.07, 6.45) is 1.39. The van der Waals surface area contributed by atoms with Crippen molar-refractivity contribution in [2.75, 3.05) is 0 Å². The Morgan fingerprint density at radius 1 is 0.844 bits per heavy atom. The van der Waals surface area contributed by atoms with E-state index in [4.69, 9.17) is 0 Å². The number of nitrogens with zero attached hydrogens (tertiary/aromatic N) is 4. The number of hydrogen-bond acceptors (Lipinski definition) is 6. The van der Waals surface area contributed by atoms with Gasteiger partial charge in [0.15, 0.2) is 0 Å². The molecule has 3 aromatic carbocycles. The highest BCUT2D eigenvalue weighted by Crippen LogP contribution is 2.23. The van der Waals surface area contributed by atoms with E-state index < -0.39 is 10.8 Å². The lowest BCUT2D eigenvalue weighted by Gasteiger charge is -2.08. The lowest BCUT2D eigenvalue weighted by Crippen LogP contribution is -2.21. The van der Waals surface area contributed by atoms with Crippen molar-refractivity contribution in [1.82, 2.24) is 15.4 Å². The molecule has 0 spiro atoms. The van der Waals surface area contributed by atoms with Gasteiger partial charge in [-0.25, -0.2) is 15.4 Å². The first-order valence-electron chi connectivity index (χ1n) is 9.68. The average Bonchev–Trinajstić information content (AvgIpc) is 2.85. The van der Waals surface area contributed by atoms with Gasteiger partial charge in [-0.3, -0.25) is 14.9 Å². The SMILES string of the molecule is O=C(NN=Cc1ccc([N+](=O)[O-])cc1)c1nc(-c2ccccc2)cc(-c2ccccc2)n1. The molecule has 32 heavy (non-hydrogen) atoms. The first-order valence-corrected chi connectivity index (χ1v) is 9.68. The summed E-state index contributed by atoms with van der Waals surface area (Å²) in [6, 6.07) is 26.7. The number of nitrogens with one attached hydrogen (secondary N) is 1. The molecular weight excluding hydrogens is 406 g/mol. The highest BCUT2D eigenvalue weighted by molar-refractivity contribution is 5.92. The Kier molecular flexibility index (Phi) is 6.03. The molecule has 156 valence electrons. The third kappa shape index (κ3) is 4.88. The molecule has 0 aliphatic carbocycles. The van der Waals surface area contributed by atoms with Gasteiger partial charge in [0.25, 0.3) is 5.69 Å². The minimum Gasteiger partial charge on any atom is -0.264 e. The summed E-state index contributed by atoms with van der Waals surface area (Å²) >= 11 is 0. The number of non-ortho nitro benzene ring substituents is 1. The predicted molar refractivity (Wildman–Crippen MR) is 121 cm³/mol. The van der Waals surface area contributed by atoms with E-state index in [1.165, 1.54) is 30.5 Å². The maximum atomic E-state index is 12.7. The monoisotopic (exact) mass is 423 g/mol. The van der Waals surface area contributed by atoms with Crippen LogP contribution in [0.2, 0.25) is 0 Å².